The van der Waals surface area contributed by atoms with Crippen LogP contribution in [0.25, 0.3) is 0 Å². The number of esters is 1. The average molecular weight is 549 g/mol. The van der Waals surface area contributed by atoms with Crippen molar-refractivity contribution in [1.29, 1.82) is 0 Å². The number of methoxy groups -OCH3 is 1. The molecule has 9 nitrogen and oxygen atoms in total. The van der Waals surface area contributed by atoms with Crippen LogP contribution in [-0.2, 0) is 23.9 Å². The van der Waals surface area contributed by atoms with Crippen LogP contribution < -0.4 is 5.32 Å². The number of nitrogens with one attached hydrogen (secondary N) is 1. The molecular formula is C30H52N4O5. The Balaban J connectivity index is 2.23. The van der Waals surface area contributed by atoms with Crippen LogP contribution in [0.15, 0.2) is 11.6 Å². The Hall–Kier alpha value is -2.42. The Kier molecular flexibility index (Phi) is 12.5. The number of hydrogen-bond acceptors (Lipinski definition) is 6. The Bertz CT molecular complexity index is 900. The fourth-order valence-electron chi connectivity index (χ4n) is 5.84. The topological polar surface area (TPSA) is 99.3 Å². The third-order valence-electron chi connectivity index (χ3n) is 8.21. The molecule has 4 atom stereocenters. The highest BCUT2D eigenvalue weighted by molar-refractivity contribution is 5.96. The number of nitrogens with zero attached hydrogens (tertiary/aromatic N) is 3. The molecule has 0 saturated carbocycles. The second kappa shape index (κ2) is 14.8. The molecule has 2 aliphatic heterocycles. The minimum atomic E-state index is -0.671. The number of piperidine rings is 2. The van der Waals surface area contributed by atoms with Crippen molar-refractivity contribution in [2.75, 3.05) is 27.2 Å². The first-order chi connectivity index (χ1) is 18.3. The monoisotopic (exact) mass is 548 g/mol. The minimum Gasteiger partial charge on any atom is -0.467 e. The average Bonchev–Trinajstić information content (AvgIpc) is 2.92. The van der Waals surface area contributed by atoms with Gasteiger partial charge in [0.05, 0.1) is 19.2 Å². The first-order valence-corrected chi connectivity index (χ1v) is 14.7. The zero-order valence-corrected chi connectivity index (χ0v) is 25.7. The van der Waals surface area contributed by atoms with Gasteiger partial charge in [0.15, 0.2) is 0 Å². The summed E-state index contributed by atoms with van der Waals surface area (Å²) in [5.74, 6) is -0.951. The van der Waals surface area contributed by atoms with Crippen molar-refractivity contribution in [2.45, 2.75) is 117 Å². The summed E-state index contributed by atoms with van der Waals surface area (Å²) < 4.78 is 4.94. The molecular weight excluding hydrogens is 496 g/mol. The van der Waals surface area contributed by atoms with Crippen molar-refractivity contribution in [3.05, 3.63) is 11.6 Å². The molecule has 2 heterocycles. The fraction of sp³-hybridized carbons (Fsp3) is 0.800. The lowest BCUT2D eigenvalue weighted by atomic mass is 9.95. The Morgan fingerprint density at radius 3 is 2.03 bits per heavy atom. The Labute approximate surface area is 235 Å². The second-order valence-corrected chi connectivity index (χ2v) is 12.1. The fourth-order valence-corrected chi connectivity index (χ4v) is 5.84. The van der Waals surface area contributed by atoms with Gasteiger partial charge in [-0.3, -0.25) is 19.3 Å². The summed E-state index contributed by atoms with van der Waals surface area (Å²) in [5.41, 5.74) is 0.490. The van der Waals surface area contributed by atoms with Crippen molar-refractivity contribution in [1.82, 2.24) is 20.0 Å². The molecule has 0 spiro atoms. The number of carbonyl (C=O) groups excluding carboxylic acids is 4. The molecule has 39 heavy (non-hydrogen) atoms. The van der Waals surface area contributed by atoms with Gasteiger partial charge in [0.25, 0.3) is 0 Å². The van der Waals surface area contributed by atoms with Gasteiger partial charge in [-0.25, -0.2) is 4.79 Å². The van der Waals surface area contributed by atoms with Gasteiger partial charge in [-0.15, -0.1) is 0 Å². The minimum absolute atomic E-state index is 0.0257. The molecule has 0 aromatic rings. The SMILES string of the molecule is COC(=O)C1CCCCN1C(=O)C(C)=C[C@H](C(C)C)N(C)C(=O)[C@@H](NC(=O)[C@H]1CCCCN1C(C)C)C(C)C. The van der Waals surface area contributed by atoms with Crippen LogP contribution in [0.2, 0.25) is 0 Å². The smallest absolute Gasteiger partial charge is 0.328 e. The largest absolute Gasteiger partial charge is 0.467 e. The van der Waals surface area contributed by atoms with Crippen LogP contribution in [0.3, 0.4) is 0 Å². The first kappa shape index (κ1) is 32.8. The number of likely N-dealkylation sites (tertiary alicyclic amines) is 2. The summed E-state index contributed by atoms with van der Waals surface area (Å²) in [7, 11) is 3.08. The zero-order chi connectivity index (χ0) is 29.4. The van der Waals surface area contributed by atoms with Crippen LogP contribution >= 0.6 is 0 Å². The highest BCUT2D eigenvalue weighted by Gasteiger charge is 2.37. The van der Waals surface area contributed by atoms with E-state index in [1.165, 1.54) is 7.11 Å². The van der Waals surface area contributed by atoms with Gasteiger partial charge < -0.3 is 19.9 Å². The van der Waals surface area contributed by atoms with Gasteiger partial charge in [0.2, 0.25) is 17.7 Å². The van der Waals surface area contributed by atoms with Crippen molar-refractivity contribution >= 4 is 23.7 Å². The Morgan fingerprint density at radius 2 is 1.49 bits per heavy atom. The number of amides is 3. The van der Waals surface area contributed by atoms with Gasteiger partial charge in [-0.2, -0.15) is 0 Å². The quantitative estimate of drug-likeness (QED) is 0.332. The maximum Gasteiger partial charge on any atom is 0.328 e. The van der Waals surface area contributed by atoms with E-state index >= 15 is 0 Å². The van der Waals surface area contributed by atoms with Crippen LogP contribution in [-0.4, -0.2) is 95.8 Å². The van der Waals surface area contributed by atoms with Crippen molar-refractivity contribution in [3.8, 4) is 0 Å². The van der Waals surface area contributed by atoms with E-state index in [1.54, 1.807) is 23.8 Å². The molecule has 2 fully saturated rings. The molecule has 2 saturated heterocycles. The molecule has 2 rings (SSSR count). The molecule has 222 valence electrons. The number of likely N-dealkylation sites (N-methyl/N-ethyl adjacent to an activating group) is 1. The number of carbonyl (C=O) groups is 4. The maximum absolute atomic E-state index is 13.8. The molecule has 0 aromatic carbocycles. The summed E-state index contributed by atoms with van der Waals surface area (Å²) in [6, 6.07) is -1.59. The molecule has 9 heteroatoms. The molecule has 0 bridgehead atoms. The van der Waals surface area contributed by atoms with Gasteiger partial charge in [-0.05, 0) is 71.3 Å². The summed E-state index contributed by atoms with van der Waals surface area (Å²) >= 11 is 0. The van der Waals surface area contributed by atoms with E-state index in [0.717, 1.165) is 38.6 Å². The summed E-state index contributed by atoms with van der Waals surface area (Å²) in [6.45, 7) is 15.2. The lowest BCUT2D eigenvalue weighted by Crippen LogP contribution is -2.58. The van der Waals surface area contributed by atoms with E-state index < -0.39 is 18.1 Å². The van der Waals surface area contributed by atoms with Crippen molar-refractivity contribution < 1.29 is 23.9 Å². The van der Waals surface area contributed by atoms with Gasteiger partial charge in [0.1, 0.15) is 12.1 Å². The van der Waals surface area contributed by atoms with Gasteiger partial charge in [-0.1, -0.05) is 40.2 Å². The van der Waals surface area contributed by atoms with E-state index in [2.05, 4.69) is 24.1 Å². The third kappa shape index (κ3) is 8.29. The molecule has 1 N–H and O–H groups in total. The number of hydrogen-bond donors (Lipinski definition) is 1. The van der Waals surface area contributed by atoms with Crippen molar-refractivity contribution in [2.24, 2.45) is 11.8 Å². The van der Waals surface area contributed by atoms with Crippen molar-refractivity contribution in [3.63, 3.8) is 0 Å². The van der Waals surface area contributed by atoms with Crippen LogP contribution in [0, 0.1) is 11.8 Å². The first-order valence-electron chi connectivity index (χ1n) is 14.7. The highest BCUT2D eigenvalue weighted by Crippen LogP contribution is 2.23. The molecule has 0 aliphatic carbocycles. The van der Waals surface area contributed by atoms with Crippen LogP contribution in [0.4, 0.5) is 0 Å². The predicted molar refractivity (Wildman–Crippen MR) is 153 cm³/mol. The van der Waals surface area contributed by atoms with Gasteiger partial charge in [0, 0.05) is 25.2 Å². The molecule has 3 amide bonds. The molecule has 1 unspecified atom stereocenters. The number of ether oxygens (including phenoxy) is 1. The van der Waals surface area contributed by atoms with E-state index in [9.17, 15) is 19.2 Å². The summed E-state index contributed by atoms with van der Waals surface area (Å²) in [4.78, 5) is 58.4. The number of rotatable bonds is 10. The lowest BCUT2D eigenvalue weighted by molar-refractivity contribution is -0.153. The molecule has 0 radical (unpaired) electrons. The Morgan fingerprint density at radius 1 is 0.897 bits per heavy atom. The lowest BCUT2D eigenvalue weighted by Gasteiger charge is -2.39. The standard InChI is InChI=1S/C30H52N4O5/c1-19(2)25(18-22(7)28(36)34-17-13-11-15-24(34)30(38)39-9)32(8)29(37)26(20(3)4)31-27(35)23-14-10-12-16-33(23)21(5)6/h18-21,23-26H,10-17H2,1-9H3,(H,31,35)/t23-,24?,25-,26+/m1/s1. The molecule has 2 aliphatic rings. The highest BCUT2D eigenvalue weighted by atomic mass is 16.5. The second-order valence-electron chi connectivity index (χ2n) is 12.1. The maximum atomic E-state index is 13.8. The van der Waals surface area contributed by atoms with Crippen LogP contribution in [0.1, 0.15) is 87.0 Å². The zero-order valence-electron chi connectivity index (χ0n) is 25.7. The molecule has 0 aromatic heterocycles. The normalized spacial score (nSPS) is 22.6. The van der Waals surface area contributed by atoms with Crippen LogP contribution in [0.5, 0.6) is 0 Å². The predicted octanol–water partition coefficient (Wildman–Crippen LogP) is 3.37. The van der Waals surface area contributed by atoms with E-state index in [1.807, 2.05) is 33.8 Å². The van der Waals surface area contributed by atoms with E-state index in [-0.39, 0.29) is 47.7 Å². The summed E-state index contributed by atoms with van der Waals surface area (Å²) in [5, 5.41) is 3.08. The van der Waals surface area contributed by atoms with E-state index in [4.69, 9.17) is 4.74 Å². The van der Waals surface area contributed by atoms with Gasteiger partial charge >= 0.3 is 5.97 Å². The summed E-state index contributed by atoms with van der Waals surface area (Å²) in [6.07, 6.45) is 7.00. The third-order valence-corrected chi connectivity index (χ3v) is 8.21. The van der Waals surface area contributed by atoms with E-state index in [0.29, 0.717) is 18.5 Å².